The number of amides is 1. The summed E-state index contributed by atoms with van der Waals surface area (Å²) in [6.07, 6.45) is 4.83. The van der Waals surface area contributed by atoms with E-state index in [1.807, 2.05) is 6.92 Å². The molecule has 0 radical (unpaired) electrons. The fourth-order valence-corrected chi connectivity index (χ4v) is 1.65. The van der Waals surface area contributed by atoms with Gasteiger partial charge in [-0.25, -0.2) is 0 Å². The average Bonchev–Trinajstić information content (AvgIpc) is 3.06. The molecule has 5 heteroatoms. The van der Waals surface area contributed by atoms with Crippen LogP contribution in [0.25, 0.3) is 0 Å². The lowest BCUT2D eigenvalue weighted by molar-refractivity contribution is -0.139. The molecule has 0 heterocycles. The van der Waals surface area contributed by atoms with Crippen molar-refractivity contribution in [1.82, 2.24) is 10.6 Å². The van der Waals surface area contributed by atoms with E-state index in [1.165, 1.54) is 0 Å². The monoisotopic (exact) mass is 242 g/mol. The predicted octanol–water partition coefficient (Wildman–Crippen LogP) is 0.888. The number of carbonyl (C=O) groups excluding carboxylic acids is 1. The Morgan fingerprint density at radius 3 is 2.65 bits per heavy atom. The summed E-state index contributed by atoms with van der Waals surface area (Å²) in [4.78, 5) is 22.2. The van der Waals surface area contributed by atoms with E-state index >= 15 is 0 Å². The lowest BCUT2D eigenvalue weighted by Crippen LogP contribution is -2.37. The molecule has 0 aromatic heterocycles. The quantitative estimate of drug-likeness (QED) is 0.525. The molecular weight excluding hydrogens is 220 g/mol. The van der Waals surface area contributed by atoms with Gasteiger partial charge in [0, 0.05) is 12.5 Å². The Labute approximate surface area is 102 Å². The SMILES string of the molecule is CCCC(NCCCC(=O)NC1CC1)C(=O)O. The standard InChI is InChI=1S/C12H22N2O3/c1-2-4-10(12(16)17)13-8-3-5-11(15)14-9-6-7-9/h9-10,13H,2-8H2,1H3,(H,14,15)(H,16,17). The van der Waals surface area contributed by atoms with Crippen LogP contribution in [0.2, 0.25) is 0 Å². The van der Waals surface area contributed by atoms with Crippen LogP contribution in [0.5, 0.6) is 0 Å². The predicted molar refractivity (Wildman–Crippen MR) is 64.7 cm³/mol. The third-order valence-corrected chi connectivity index (χ3v) is 2.79. The van der Waals surface area contributed by atoms with E-state index in [0.717, 1.165) is 19.3 Å². The molecule has 1 amide bonds. The second-order valence-electron chi connectivity index (χ2n) is 4.58. The van der Waals surface area contributed by atoms with Crippen molar-refractivity contribution in [2.75, 3.05) is 6.54 Å². The second-order valence-corrected chi connectivity index (χ2v) is 4.58. The van der Waals surface area contributed by atoms with Gasteiger partial charge in [0.25, 0.3) is 0 Å². The molecule has 0 aromatic rings. The first-order valence-electron chi connectivity index (χ1n) is 6.39. The summed E-state index contributed by atoms with van der Waals surface area (Å²) in [6.45, 7) is 2.54. The molecule has 5 nitrogen and oxygen atoms in total. The van der Waals surface area contributed by atoms with Crippen LogP contribution < -0.4 is 10.6 Å². The first kappa shape index (κ1) is 14.0. The fraction of sp³-hybridized carbons (Fsp3) is 0.833. The Balaban J connectivity index is 2.04. The molecule has 1 atom stereocenters. The van der Waals surface area contributed by atoms with Gasteiger partial charge < -0.3 is 15.7 Å². The van der Waals surface area contributed by atoms with Gasteiger partial charge in [0.05, 0.1) is 0 Å². The Kier molecular flexibility index (Phi) is 5.97. The zero-order valence-corrected chi connectivity index (χ0v) is 10.4. The van der Waals surface area contributed by atoms with E-state index in [2.05, 4.69) is 10.6 Å². The highest BCUT2D eigenvalue weighted by molar-refractivity contribution is 5.76. The highest BCUT2D eigenvalue weighted by Gasteiger charge is 2.22. The maximum atomic E-state index is 11.3. The van der Waals surface area contributed by atoms with Crippen molar-refractivity contribution in [2.45, 2.75) is 57.5 Å². The molecule has 0 saturated heterocycles. The molecule has 0 aliphatic heterocycles. The van der Waals surface area contributed by atoms with Crippen LogP contribution in [-0.4, -0.2) is 35.6 Å². The molecule has 0 bridgehead atoms. The van der Waals surface area contributed by atoms with E-state index in [4.69, 9.17) is 5.11 Å². The number of aliphatic carboxylic acids is 1. The molecule has 1 fully saturated rings. The smallest absolute Gasteiger partial charge is 0.320 e. The van der Waals surface area contributed by atoms with Crippen molar-refractivity contribution in [3.05, 3.63) is 0 Å². The number of rotatable bonds is 9. The summed E-state index contributed by atoms with van der Waals surface area (Å²) in [5.41, 5.74) is 0. The maximum Gasteiger partial charge on any atom is 0.320 e. The van der Waals surface area contributed by atoms with Crippen LogP contribution in [0.15, 0.2) is 0 Å². The number of carboxylic acid groups (broad SMARTS) is 1. The lowest BCUT2D eigenvalue weighted by Gasteiger charge is -2.13. The van der Waals surface area contributed by atoms with Crippen molar-refractivity contribution < 1.29 is 14.7 Å². The van der Waals surface area contributed by atoms with Gasteiger partial charge in [0.2, 0.25) is 5.91 Å². The van der Waals surface area contributed by atoms with Crippen LogP contribution in [0.4, 0.5) is 0 Å². The average molecular weight is 242 g/mol. The molecule has 98 valence electrons. The minimum atomic E-state index is -0.811. The first-order valence-corrected chi connectivity index (χ1v) is 6.39. The highest BCUT2D eigenvalue weighted by Crippen LogP contribution is 2.18. The zero-order chi connectivity index (χ0) is 12.7. The topological polar surface area (TPSA) is 78.4 Å². The van der Waals surface area contributed by atoms with Crippen molar-refractivity contribution in [2.24, 2.45) is 0 Å². The Hall–Kier alpha value is -1.10. The fourth-order valence-electron chi connectivity index (χ4n) is 1.65. The minimum absolute atomic E-state index is 0.0802. The molecule has 1 unspecified atom stereocenters. The van der Waals surface area contributed by atoms with Gasteiger partial charge in [0.15, 0.2) is 0 Å². The largest absolute Gasteiger partial charge is 0.480 e. The van der Waals surface area contributed by atoms with Gasteiger partial charge in [-0.05, 0) is 32.2 Å². The third kappa shape index (κ3) is 6.26. The summed E-state index contributed by atoms with van der Waals surface area (Å²) in [5, 5.41) is 14.8. The van der Waals surface area contributed by atoms with Crippen molar-refractivity contribution in [3.63, 3.8) is 0 Å². The summed E-state index contributed by atoms with van der Waals surface area (Å²) in [5.74, 6) is -0.731. The van der Waals surface area contributed by atoms with Crippen LogP contribution in [-0.2, 0) is 9.59 Å². The van der Waals surface area contributed by atoms with Crippen LogP contribution in [0.1, 0.15) is 45.4 Å². The van der Waals surface area contributed by atoms with Crippen LogP contribution in [0.3, 0.4) is 0 Å². The summed E-state index contributed by atoms with van der Waals surface area (Å²) in [6, 6.07) is -0.0752. The number of carbonyl (C=O) groups is 2. The van der Waals surface area contributed by atoms with E-state index < -0.39 is 12.0 Å². The van der Waals surface area contributed by atoms with E-state index in [9.17, 15) is 9.59 Å². The number of hydrogen-bond donors (Lipinski definition) is 3. The molecule has 17 heavy (non-hydrogen) atoms. The first-order chi connectivity index (χ1) is 8.13. The molecule has 1 aliphatic rings. The van der Waals surface area contributed by atoms with Crippen molar-refractivity contribution >= 4 is 11.9 Å². The maximum absolute atomic E-state index is 11.3. The number of hydrogen-bond acceptors (Lipinski definition) is 3. The van der Waals surface area contributed by atoms with Crippen molar-refractivity contribution in [3.8, 4) is 0 Å². The van der Waals surface area contributed by atoms with Crippen LogP contribution >= 0.6 is 0 Å². The van der Waals surface area contributed by atoms with E-state index in [-0.39, 0.29) is 5.91 Å². The number of carboxylic acids is 1. The van der Waals surface area contributed by atoms with Gasteiger partial charge in [0.1, 0.15) is 6.04 Å². The molecule has 1 saturated carbocycles. The molecular formula is C12H22N2O3. The Bertz CT molecular complexity index is 264. The van der Waals surface area contributed by atoms with E-state index in [1.54, 1.807) is 0 Å². The van der Waals surface area contributed by atoms with Crippen molar-refractivity contribution in [1.29, 1.82) is 0 Å². The Morgan fingerprint density at radius 2 is 2.12 bits per heavy atom. The lowest BCUT2D eigenvalue weighted by atomic mass is 10.1. The molecule has 0 aromatic carbocycles. The zero-order valence-electron chi connectivity index (χ0n) is 10.4. The van der Waals surface area contributed by atoms with Gasteiger partial charge in [-0.3, -0.25) is 9.59 Å². The highest BCUT2D eigenvalue weighted by atomic mass is 16.4. The molecule has 0 spiro atoms. The summed E-state index contributed by atoms with van der Waals surface area (Å²) >= 11 is 0. The summed E-state index contributed by atoms with van der Waals surface area (Å²) in [7, 11) is 0. The second kappa shape index (κ2) is 7.27. The number of nitrogens with one attached hydrogen (secondary N) is 2. The Morgan fingerprint density at radius 1 is 1.41 bits per heavy atom. The molecule has 1 rings (SSSR count). The van der Waals surface area contributed by atoms with Crippen LogP contribution in [0, 0.1) is 0 Å². The minimum Gasteiger partial charge on any atom is -0.480 e. The van der Waals surface area contributed by atoms with E-state index in [0.29, 0.717) is 31.8 Å². The van der Waals surface area contributed by atoms with Gasteiger partial charge in [-0.2, -0.15) is 0 Å². The third-order valence-electron chi connectivity index (χ3n) is 2.79. The van der Waals surface area contributed by atoms with Gasteiger partial charge >= 0.3 is 5.97 Å². The molecule has 1 aliphatic carbocycles. The van der Waals surface area contributed by atoms with Gasteiger partial charge in [-0.15, -0.1) is 0 Å². The van der Waals surface area contributed by atoms with Gasteiger partial charge in [-0.1, -0.05) is 13.3 Å². The normalized spacial score (nSPS) is 16.5. The molecule has 3 N–H and O–H groups in total. The summed E-state index contributed by atoms with van der Waals surface area (Å²) < 4.78 is 0.